The summed E-state index contributed by atoms with van der Waals surface area (Å²) in [5, 5.41) is 0. The lowest BCUT2D eigenvalue weighted by molar-refractivity contribution is 0.353. The van der Waals surface area contributed by atoms with Crippen molar-refractivity contribution in [3.8, 4) is 5.75 Å². The third-order valence-corrected chi connectivity index (χ3v) is 5.88. The minimum absolute atomic E-state index is 0.351. The number of nitrogens with one attached hydrogen (secondary N) is 1. The maximum absolute atomic E-state index is 12.5. The zero-order valence-electron chi connectivity index (χ0n) is 13.9. The molecule has 2 aromatic rings. The third-order valence-electron chi connectivity index (χ3n) is 4.20. The van der Waals surface area contributed by atoms with Crippen LogP contribution in [-0.4, -0.2) is 31.9 Å². The van der Waals surface area contributed by atoms with E-state index in [9.17, 15) is 8.42 Å². The molecular formula is C18H22N2O3S. The Labute approximate surface area is 143 Å². The average Bonchev–Trinajstić information content (AvgIpc) is 2.77. The molecule has 1 heterocycles. The first kappa shape index (κ1) is 17.0. The maximum Gasteiger partial charge on any atom is 0.280 e. The summed E-state index contributed by atoms with van der Waals surface area (Å²) in [4.78, 5) is 0. The maximum atomic E-state index is 12.5. The van der Waals surface area contributed by atoms with Crippen molar-refractivity contribution in [2.45, 2.75) is 25.4 Å². The molecule has 0 amide bonds. The highest BCUT2D eigenvalue weighted by molar-refractivity contribution is 7.87. The van der Waals surface area contributed by atoms with Crippen molar-refractivity contribution in [1.29, 1.82) is 0 Å². The van der Waals surface area contributed by atoms with Gasteiger partial charge < -0.3 is 4.74 Å². The van der Waals surface area contributed by atoms with E-state index in [1.807, 2.05) is 61.5 Å². The fourth-order valence-electron chi connectivity index (χ4n) is 3.10. The minimum Gasteiger partial charge on any atom is -0.497 e. The lowest BCUT2D eigenvalue weighted by atomic mass is 9.94. The molecule has 5 nitrogen and oxygen atoms in total. The zero-order chi connectivity index (χ0) is 17.2. The van der Waals surface area contributed by atoms with Crippen molar-refractivity contribution in [2.75, 3.05) is 13.7 Å². The highest BCUT2D eigenvalue weighted by Crippen LogP contribution is 2.26. The van der Waals surface area contributed by atoms with Gasteiger partial charge >= 0.3 is 0 Å². The Morgan fingerprint density at radius 2 is 1.75 bits per heavy atom. The van der Waals surface area contributed by atoms with Gasteiger partial charge in [0.2, 0.25) is 0 Å². The number of methoxy groups -OCH3 is 1. The molecule has 1 unspecified atom stereocenters. The SMILES string of the molecule is COc1ccc(CN2CC(C)(Cc3ccccc3)NS2(=O)=O)cc1. The normalized spacial score (nSPS) is 23.2. The predicted octanol–water partition coefficient (Wildman–Crippen LogP) is 2.35. The Hall–Kier alpha value is -1.89. The smallest absolute Gasteiger partial charge is 0.280 e. The summed E-state index contributed by atoms with van der Waals surface area (Å²) < 4.78 is 34.4. The van der Waals surface area contributed by atoms with Crippen LogP contribution in [0.4, 0.5) is 0 Å². The molecule has 0 aliphatic carbocycles. The Balaban J connectivity index is 1.74. The lowest BCUT2D eigenvalue weighted by Crippen LogP contribution is -2.42. The van der Waals surface area contributed by atoms with E-state index in [4.69, 9.17) is 4.74 Å². The highest BCUT2D eigenvalue weighted by Gasteiger charge is 2.43. The van der Waals surface area contributed by atoms with Crippen LogP contribution >= 0.6 is 0 Å². The predicted molar refractivity (Wildman–Crippen MR) is 94.0 cm³/mol. The number of rotatable bonds is 5. The van der Waals surface area contributed by atoms with Gasteiger partial charge in [-0.15, -0.1) is 0 Å². The Bertz CT molecular complexity index is 791. The van der Waals surface area contributed by atoms with Gasteiger partial charge in [0.05, 0.1) is 7.11 Å². The number of nitrogens with zero attached hydrogens (tertiary/aromatic N) is 1. The van der Waals surface area contributed by atoms with Gasteiger partial charge in [-0.1, -0.05) is 42.5 Å². The largest absolute Gasteiger partial charge is 0.497 e. The lowest BCUT2D eigenvalue weighted by Gasteiger charge is -2.22. The third kappa shape index (κ3) is 3.77. The van der Waals surface area contributed by atoms with Crippen LogP contribution in [0.5, 0.6) is 5.75 Å². The van der Waals surface area contributed by atoms with Gasteiger partial charge in [0.25, 0.3) is 10.2 Å². The number of hydrogen-bond acceptors (Lipinski definition) is 3. The van der Waals surface area contributed by atoms with E-state index in [-0.39, 0.29) is 0 Å². The summed E-state index contributed by atoms with van der Waals surface area (Å²) in [5.74, 6) is 0.759. The summed E-state index contributed by atoms with van der Waals surface area (Å²) >= 11 is 0. The Morgan fingerprint density at radius 3 is 2.38 bits per heavy atom. The molecule has 0 bridgehead atoms. The van der Waals surface area contributed by atoms with Crippen LogP contribution < -0.4 is 9.46 Å². The summed E-state index contributed by atoms with van der Waals surface area (Å²) in [5.41, 5.74) is 1.55. The van der Waals surface area contributed by atoms with Gasteiger partial charge in [0.1, 0.15) is 5.75 Å². The molecule has 3 rings (SSSR count). The van der Waals surface area contributed by atoms with E-state index in [2.05, 4.69) is 4.72 Å². The van der Waals surface area contributed by atoms with Crippen LogP contribution in [0.25, 0.3) is 0 Å². The fourth-order valence-corrected chi connectivity index (χ4v) is 4.76. The van der Waals surface area contributed by atoms with Crippen molar-refractivity contribution < 1.29 is 13.2 Å². The molecule has 1 N–H and O–H groups in total. The first-order valence-electron chi connectivity index (χ1n) is 7.86. The van der Waals surface area contributed by atoms with Crippen molar-refractivity contribution in [3.63, 3.8) is 0 Å². The van der Waals surface area contributed by atoms with Gasteiger partial charge in [-0.05, 0) is 36.6 Å². The van der Waals surface area contributed by atoms with Crippen molar-refractivity contribution in [3.05, 3.63) is 65.7 Å². The van der Waals surface area contributed by atoms with E-state index >= 15 is 0 Å². The van der Waals surface area contributed by atoms with E-state index in [1.54, 1.807) is 7.11 Å². The standard InChI is InChI=1S/C18H22N2O3S/c1-18(12-15-6-4-3-5-7-15)14-20(24(21,22)19-18)13-16-8-10-17(23-2)11-9-16/h3-11,19H,12-14H2,1-2H3. The van der Waals surface area contributed by atoms with Crippen LogP contribution in [0, 0.1) is 0 Å². The molecule has 1 saturated heterocycles. The summed E-state index contributed by atoms with van der Waals surface area (Å²) in [6, 6.07) is 17.4. The van der Waals surface area contributed by atoms with Crippen LogP contribution in [0.3, 0.4) is 0 Å². The first-order chi connectivity index (χ1) is 11.4. The van der Waals surface area contributed by atoms with E-state index in [1.165, 1.54) is 4.31 Å². The molecule has 128 valence electrons. The Kier molecular flexibility index (Phi) is 4.62. The quantitative estimate of drug-likeness (QED) is 0.904. The van der Waals surface area contributed by atoms with Gasteiger partial charge in [0, 0.05) is 18.6 Å². The number of ether oxygens (including phenoxy) is 1. The second-order valence-electron chi connectivity index (χ2n) is 6.45. The monoisotopic (exact) mass is 346 g/mol. The average molecular weight is 346 g/mol. The van der Waals surface area contributed by atoms with Crippen LogP contribution in [0.2, 0.25) is 0 Å². The van der Waals surface area contributed by atoms with Crippen LogP contribution in [0.1, 0.15) is 18.1 Å². The van der Waals surface area contributed by atoms with Gasteiger partial charge in [-0.3, -0.25) is 0 Å². The van der Waals surface area contributed by atoms with Crippen molar-refractivity contribution in [2.24, 2.45) is 0 Å². The van der Waals surface area contributed by atoms with E-state index in [0.29, 0.717) is 19.5 Å². The fraction of sp³-hybridized carbons (Fsp3) is 0.333. The van der Waals surface area contributed by atoms with E-state index < -0.39 is 15.7 Å². The topological polar surface area (TPSA) is 58.6 Å². The molecule has 0 saturated carbocycles. The Morgan fingerprint density at radius 1 is 1.08 bits per heavy atom. The molecule has 6 heteroatoms. The van der Waals surface area contributed by atoms with Crippen LogP contribution in [-0.2, 0) is 23.2 Å². The first-order valence-corrected chi connectivity index (χ1v) is 9.30. The molecule has 1 fully saturated rings. The molecule has 0 spiro atoms. The number of benzene rings is 2. The molecule has 1 aliphatic heterocycles. The van der Waals surface area contributed by atoms with Crippen molar-refractivity contribution >= 4 is 10.2 Å². The number of hydrogen-bond donors (Lipinski definition) is 1. The summed E-state index contributed by atoms with van der Waals surface area (Å²) in [6.45, 7) is 2.74. The van der Waals surface area contributed by atoms with E-state index in [0.717, 1.165) is 16.9 Å². The zero-order valence-corrected chi connectivity index (χ0v) is 14.7. The molecule has 1 atom stereocenters. The molecule has 0 aromatic heterocycles. The highest BCUT2D eigenvalue weighted by atomic mass is 32.2. The summed E-state index contributed by atoms with van der Waals surface area (Å²) in [6.07, 6.45) is 0.659. The second kappa shape index (κ2) is 6.55. The summed E-state index contributed by atoms with van der Waals surface area (Å²) in [7, 11) is -1.87. The molecular weight excluding hydrogens is 324 g/mol. The molecule has 24 heavy (non-hydrogen) atoms. The minimum atomic E-state index is -3.48. The van der Waals surface area contributed by atoms with Gasteiger partial charge in [-0.25, -0.2) is 0 Å². The molecule has 2 aromatic carbocycles. The van der Waals surface area contributed by atoms with Crippen LogP contribution in [0.15, 0.2) is 54.6 Å². The van der Waals surface area contributed by atoms with Crippen molar-refractivity contribution in [1.82, 2.24) is 9.03 Å². The van der Waals surface area contributed by atoms with Gasteiger partial charge in [0.15, 0.2) is 0 Å². The molecule has 1 aliphatic rings. The molecule has 0 radical (unpaired) electrons. The second-order valence-corrected chi connectivity index (χ2v) is 8.12. The van der Waals surface area contributed by atoms with Gasteiger partial charge in [-0.2, -0.15) is 17.4 Å².